The van der Waals surface area contributed by atoms with Crippen molar-refractivity contribution in [3.05, 3.63) is 42.3 Å². The third-order valence-corrected chi connectivity index (χ3v) is 5.09. The van der Waals surface area contributed by atoms with Gasteiger partial charge in [0.25, 0.3) is 0 Å². The van der Waals surface area contributed by atoms with Crippen molar-refractivity contribution in [3.8, 4) is 22.9 Å². The van der Waals surface area contributed by atoms with Crippen molar-refractivity contribution in [3.63, 3.8) is 0 Å². The molecule has 1 aliphatic heterocycles. The highest BCUT2D eigenvalue weighted by Crippen LogP contribution is 2.27. The zero-order chi connectivity index (χ0) is 18.8. The predicted molar refractivity (Wildman–Crippen MR) is 101 cm³/mol. The Labute approximate surface area is 157 Å². The lowest BCUT2D eigenvalue weighted by Crippen LogP contribution is -2.38. The van der Waals surface area contributed by atoms with Gasteiger partial charge in [0, 0.05) is 24.1 Å². The Bertz CT molecular complexity index is 937. The van der Waals surface area contributed by atoms with E-state index in [-0.39, 0.29) is 11.9 Å². The molecule has 3 heterocycles. The molecule has 6 nitrogen and oxygen atoms in total. The molecule has 1 fully saturated rings. The number of hydrogen-bond donors (Lipinski definition) is 1. The Hall–Kier alpha value is -2.67. The van der Waals surface area contributed by atoms with Gasteiger partial charge in [0.1, 0.15) is 6.10 Å². The summed E-state index contributed by atoms with van der Waals surface area (Å²) in [6, 6.07) is 8.50. The molecule has 3 aromatic rings. The van der Waals surface area contributed by atoms with Crippen molar-refractivity contribution in [1.82, 2.24) is 19.9 Å². The van der Waals surface area contributed by atoms with E-state index in [0.717, 1.165) is 19.5 Å². The van der Waals surface area contributed by atoms with Gasteiger partial charge in [-0.25, -0.2) is 13.9 Å². The summed E-state index contributed by atoms with van der Waals surface area (Å²) in [6.45, 7) is 4.12. The summed E-state index contributed by atoms with van der Waals surface area (Å²) in [6.07, 6.45) is 4.06. The second kappa shape index (κ2) is 7.52. The maximum Gasteiger partial charge on any atom is 0.232 e. The molecule has 2 aromatic heterocycles. The van der Waals surface area contributed by atoms with E-state index in [4.69, 9.17) is 9.47 Å². The summed E-state index contributed by atoms with van der Waals surface area (Å²) in [5.74, 6) is 0.790. The molecule has 1 aliphatic rings. The van der Waals surface area contributed by atoms with E-state index < -0.39 is 5.82 Å². The monoisotopic (exact) mass is 370 g/mol. The minimum Gasteiger partial charge on any atom is -0.494 e. The molecule has 142 valence electrons. The lowest BCUT2D eigenvalue weighted by Gasteiger charge is -2.28. The van der Waals surface area contributed by atoms with Crippen LogP contribution < -0.4 is 14.8 Å². The number of nitrogens with zero attached hydrogens (tertiary/aromatic N) is 3. The first-order valence-corrected chi connectivity index (χ1v) is 9.22. The van der Waals surface area contributed by atoms with Crippen LogP contribution in [0.15, 0.2) is 36.5 Å². The molecule has 0 saturated carbocycles. The third kappa shape index (κ3) is 3.60. The summed E-state index contributed by atoms with van der Waals surface area (Å²) in [7, 11) is 1.44. The number of nitrogens with one attached hydrogen (secondary N) is 1. The van der Waals surface area contributed by atoms with Gasteiger partial charge in [-0.15, -0.1) is 5.10 Å². The van der Waals surface area contributed by atoms with Crippen LogP contribution >= 0.6 is 0 Å². The number of imidazole rings is 1. The van der Waals surface area contributed by atoms with Crippen LogP contribution in [0.25, 0.3) is 16.9 Å². The molecule has 1 aromatic carbocycles. The average Bonchev–Trinajstić information content (AvgIpc) is 3.12. The van der Waals surface area contributed by atoms with Crippen molar-refractivity contribution in [2.75, 3.05) is 20.2 Å². The second-order valence-corrected chi connectivity index (χ2v) is 6.86. The normalized spacial score (nSPS) is 18.4. The van der Waals surface area contributed by atoms with Crippen molar-refractivity contribution in [2.24, 2.45) is 5.92 Å². The lowest BCUT2D eigenvalue weighted by atomic mass is 9.95. The molecule has 1 saturated heterocycles. The van der Waals surface area contributed by atoms with E-state index in [1.165, 1.54) is 19.6 Å². The van der Waals surface area contributed by atoms with Crippen LogP contribution in [0.5, 0.6) is 11.6 Å². The van der Waals surface area contributed by atoms with E-state index in [1.54, 1.807) is 22.8 Å². The molecular weight excluding hydrogens is 347 g/mol. The Morgan fingerprint density at radius 1 is 1.30 bits per heavy atom. The molecule has 1 N–H and O–H groups in total. The van der Waals surface area contributed by atoms with Gasteiger partial charge in [0.05, 0.1) is 19.0 Å². The van der Waals surface area contributed by atoms with Crippen LogP contribution in [0.3, 0.4) is 0 Å². The number of methoxy groups -OCH3 is 1. The highest BCUT2D eigenvalue weighted by atomic mass is 19.1. The SMILES string of the molecule is COc1ccc(-c2cnc3ccc(OC(C)C4CCCNC4)nn23)cc1F. The lowest BCUT2D eigenvalue weighted by molar-refractivity contribution is 0.124. The summed E-state index contributed by atoms with van der Waals surface area (Å²) in [4.78, 5) is 4.36. The fourth-order valence-corrected chi connectivity index (χ4v) is 3.51. The number of rotatable bonds is 5. The van der Waals surface area contributed by atoms with Crippen molar-refractivity contribution < 1.29 is 13.9 Å². The van der Waals surface area contributed by atoms with Crippen LogP contribution in [-0.4, -0.2) is 40.9 Å². The van der Waals surface area contributed by atoms with E-state index in [9.17, 15) is 4.39 Å². The Kier molecular flexibility index (Phi) is 4.94. The maximum absolute atomic E-state index is 14.1. The standard InChI is InChI=1S/C20H23FN4O2/c1-13(15-4-3-9-22-11-15)27-20-8-7-19-23-12-17(25(19)24-20)14-5-6-18(26-2)16(21)10-14/h5-8,10,12-13,15,22H,3-4,9,11H2,1-2H3. The Morgan fingerprint density at radius 2 is 2.19 bits per heavy atom. The molecule has 0 aliphatic carbocycles. The maximum atomic E-state index is 14.1. The van der Waals surface area contributed by atoms with Gasteiger partial charge in [-0.3, -0.25) is 0 Å². The summed E-state index contributed by atoms with van der Waals surface area (Å²) in [5.41, 5.74) is 2.06. The number of hydrogen-bond acceptors (Lipinski definition) is 5. The van der Waals surface area contributed by atoms with Gasteiger partial charge in [0.15, 0.2) is 17.2 Å². The smallest absolute Gasteiger partial charge is 0.232 e. The molecule has 0 spiro atoms. The van der Waals surface area contributed by atoms with Gasteiger partial charge < -0.3 is 14.8 Å². The highest BCUT2D eigenvalue weighted by Gasteiger charge is 2.22. The molecule has 7 heteroatoms. The zero-order valence-corrected chi connectivity index (χ0v) is 15.5. The number of aromatic nitrogens is 3. The van der Waals surface area contributed by atoms with Crippen molar-refractivity contribution in [2.45, 2.75) is 25.9 Å². The molecule has 2 atom stereocenters. The van der Waals surface area contributed by atoms with E-state index in [2.05, 4.69) is 22.3 Å². The van der Waals surface area contributed by atoms with Crippen LogP contribution in [0, 0.1) is 11.7 Å². The molecule has 2 unspecified atom stereocenters. The van der Waals surface area contributed by atoms with Gasteiger partial charge in [-0.1, -0.05) is 0 Å². The number of ether oxygens (including phenoxy) is 2. The minimum absolute atomic E-state index is 0.0631. The van der Waals surface area contributed by atoms with Crippen LogP contribution in [-0.2, 0) is 0 Å². The average molecular weight is 370 g/mol. The van der Waals surface area contributed by atoms with E-state index in [0.29, 0.717) is 28.7 Å². The largest absolute Gasteiger partial charge is 0.494 e. The third-order valence-electron chi connectivity index (χ3n) is 5.09. The molecular formula is C20H23FN4O2. The highest BCUT2D eigenvalue weighted by molar-refractivity contribution is 5.64. The first-order chi connectivity index (χ1) is 13.2. The van der Waals surface area contributed by atoms with Crippen molar-refractivity contribution >= 4 is 5.65 Å². The number of piperidine rings is 1. The quantitative estimate of drug-likeness (QED) is 0.747. The first-order valence-electron chi connectivity index (χ1n) is 9.22. The molecule has 0 bridgehead atoms. The molecule has 27 heavy (non-hydrogen) atoms. The summed E-state index contributed by atoms with van der Waals surface area (Å²) >= 11 is 0. The Balaban J connectivity index is 1.62. The molecule has 0 amide bonds. The molecule has 0 radical (unpaired) electrons. The fourth-order valence-electron chi connectivity index (χ4n) is 3.51. The van der Waals surface area contributed by atoms with Gasteiger partial charge in [-0.2, -0.15) is 0 Å². The van der Waals surface area contributed by atoms with E-state index >= 15 is 0 Å². The molecule has 4 rings (SSSR count). The summed E-state index contributed by atoms with van der Waals surface area (Å²) < 4.78 is 26.9. The second-order valence-electron chi connectivity index (χ2n) is 6.86. The Morgan fingerprint density at radius 3 is 2.93 bits per heavy atom. The minimum atomic E-state index is -0.421. The number of benzene rings is 1. The van der Waals surface area contributed by atoms with E-state index in [1.807, 2.05) is 12.1 Å². The van der Waals surface area contributed by atoms with Crippen LogP contribution in [0.1, 0.15) is 19.8 Å². The van der Waals surface area contributed by atoms with Crippen LogP contribution in [0.2, 0.25) is 0 Å². The topological polar surface area (TPSA) is 60.7 Å². The van der Waals surface area contributed by atoms with Gasteiger partial charge >= 0.3 is 0 Å². The predicted octanol–water partition coefficient (Wildman–Crippen LogP) is 3.31. The number of fused-ring (bicyclic) bond motifs is 1. The van der Waals surface area contributed by atoms with Gasteiger partial charge in [-0.05, 0) is 50.6 Å². The first kappa shape index (κ1) is 17.7. The summed E-state index contributed by atoms with van der Waals surface area (Å²) in [5, 5.41) is 7.99. The number of halogens is 1. The van der Waals surface area contributed by atoms with Gasteiger partial charge in [0.2, 0.25) is 5.88 Å². The fraction of sp³-hybridized carbons (Fsp3) is 0.400. The van der Waals surface area contributed by atoms with Crippen LogP contribution in [0.4, 0.5) is 4.39 Å². The zero-order valence-electron chi connectivity index (χ0n) is 15.5. The van der Waals surface area contributed by atoms with Crippen molar-refractivity contribution in [1.29, 1.82) is 0 Å².